The quantitative estimate of drug-likeness (QED) is 0.0242. The number of halogens is 4. The van der Waals surface area contributed by atoms with Crippen molar-refractivity contribution in [2.24, 2.45) is 10.2 Å². The van der Waals surface area contributed by atoms with Crippen molar-refractivity contribution in [3.63, 3.8) is 0 Å². The first-order valence-electron chi connectivity index (χ1n) is 19.6. The molecule has 0 aliphatic rings. The van der Waals surface area contributed by atoms with Crippen LogP contribution in [0.1, 0.15) is 36.8 Å². The van der Waals surface area contributed by atoms with E-state index in [1.54, 1.807) is 12.4 Å². The van der Waals surface area contributed by atoms with Crippen LogP contribution in [0.4, 0.5) is 11.4 Å². The Morgan fingerprint density at radius 3 is 1.46 bits per heavy atom. The van der Waals surface area contributed by atoms with Crippen LogP contribution in [-0.4, -0.2) is 94.0 Å². The Morgan fingerprint density at radius 1 is 0.603 bits per heavy atom. The van der Waals surface area contributed by atoms with Gasteiger partial charge in [-0.1, -0.05) is 12.1 Å². The zero-order chi connectivity index (χ0) is 44.9. The maximum atomic E-state index is 13.2. The number of rotatable bonds is 20. The Labute approximate surface area is 396 Å². The second-order valence-corrected chi connectivity index (χ2v) is 17.4. The zero-order valence-electron chi connectivity index (χ0n) is 33.5. The van der Waals surface area contributed by atoms with Crippen LogP contribution in [0, 0.1) is 0 Å². The van der Waals surface area contributed by atoms with Gasteiger partial charge in [0.1, 0.15) is 31.9 Å². The number of nitrogens with one attached hydrogen (secondary N) is 2. The number of carbonyl (C=O) groups is 2. The normalized spacial score (nSPS) is 11.5. The molecule has 6 rings (SSSR count). The van der Waals surface area contributed by atoms with Crippen LogP contribution in [0.5, 0.6) is 23.0 Å². The third kappa shape index (κ3) is 12.4. The number of fused-ring (bicyclic) bond motifs is 2. The second kappa shape index (κ2) is 22.8. The summed E-state index contributed by atoms with van der Waals surface area (Å²) in [5.41, 5.74) is 8.97. The fraction of sp³-hybridized carbons (Fsp3) is 0.227. The number of nitrogens with zero attached hydrogens (tertiary/aromatic N) is 6. The molecule has 0 saturated carbocycles. The van der Waals surface area contributed by atoms with E-state index in [4.69, 9.17) is 4.74 Å². The monoisotopic (exact) mass is 1110 g/mol. The number of hydrogen-bond acceptors (Lipinski definition) is 13. The van der Waals surface area contributed by atoms with Crippen LogP contribution in [0.3, 0.4) is 0 Å². The highest BCUT2D eigenvalue weighted by Gasteiger charge is 2.18. The third-order valence-electron chi connectivity index (χ3n) is 9.71. The van der Waals surface area contributed by atoms with E-state index in [0.29, 0.717) is 35.2 Å². The van der Waals surface area contributed by atoms with Gasteiger partial charge < -0.3 is 35.0 Å². The van der Waals surface area contributed by atoms with Crippen molar-refractivity contribution in [1.82, 2.24) is 20.8 Å². The maximum Gasteiger partial charge on any atom is 0.259 e. The molecule has 0 spiro atoms. The Balaban J connectivity index is 1.01. The number of phenolic OH excluding ortho intramolecular Hbond substituents is 4. The molecule has 0 fully saturated rings. The van der Waals surface area contributed by atoms with Gasteiger partial charge in [0.15, 0.2) is 0 Å². The van der Waals surface area contributed by atoms with Gasteiger partial charge >= 0.3 is 0 Å². The second-order valence-electron chi connectivity index (χ2n) is 14.1. The Bertz CT molecular complexity index is 2460. The number of aromatic nitrogens is 2. The van der Waals surface area contributed by atoms with E-state index in [0.717, 1.165) is 58.9 Å². The molecule has 6 aromatic rings. The van der Waals surface area contributed by atoms with E-state index < -0.39 is 0 Å². The molecule has 0 aliphatic heterocycles. The van der Waals surface area contributed by atoms with Crippen LogP contribution >= 0.6 is 63.7 Å². The molecule has 0 saturated heterocycles. The van der Waals surface area contributed by atoms with Gasteiger partial charge in [0, 0.05) is 72.0 Å². The molecule has 4 aromatic carbocycles. The molecule has 15 nitrogen and oxygen atoms in total. The highest BCUT2D eigenvalue weighted by Crippen LogP contribution is 2.41. The molecule has 6 N–H and O–H groups in total. The number of hydrazone groups is 2. The largest absolute Gasteiger partial charge is 0.506 e. The number of benzene rings is 4. The van der Waals surface area contributed by atoms with Gasteiger partial charge in [0.05, 0.1) is 45.5 Å². The molecule has 2 amide bonds. The Morgan fingerprint density at radius 2 is 1.03 bits per heavy atom. The van der Waals surface area contributed by atoms with Crippen molar-refractivity contribution >= 4 is 121 Å². The lowest BCUT2D eigenvalue weighted by Crippen LogP contribution is -2.36. The summed E-state index contributed by atoms with van der Waals surface area (Å²) in [5, 5.41) is 50.7. The predicted octanol–water partition coefficient (Wildman–Crippen LogP) is 8.85. The van der Waals surface area contributed by atoms with Crippen molar-refractivity contribution in [3.8, 4) is 23.0 Å². The van der Waals surface area contributed by atoms with Crippen LogP contribution in [0.25, 0.3) is 21.8 Å². The Kier molecular flexibility index (Phi) is 17.1. The number of aromatic hydroxyl groups is 4. The van der Waals surface area contributed by atoms with Gasteiger partial charge in [0.25, 0.3) is 11.8 Å². The molecule has 19 heteroatoms. The number of ether oxygens (including phenoxy) is 1. The summed E-state index contributed by atoms with van der Waals surface area (Å²) >= 11 is 12.8. The molecule has 0 bridgehead atoms. The molecule has 2 aromatic heterocycles. The van der Waals surface area contributed by atoms with Crippen molar-refractivity contribution in [1.29, 1.82) is 0 Å². The molecular weight excluding hydrogens is 1070 g/mol. The van der Waals surface area contributed by atoms with Crippen LogP contribution in [0.15, 0.2) is 113 Å². The minimum absolute atomic E-state index is 0.00671. The van der Waals surface area contributed by atoms with Crippen molar-refractivity contribution in [2.45, 2.75) is 25.7 Å². The van der Waals surface area contributed by atoms with Crippen LogP contribution in [-0.2, 0) is 14.3 Å². The number of carbonyl (C=O) groups excluding carboxylic acids is 2. The molecule has 0 atom stereocenters. The van der Waals surface area contributed by atoms with Gasteiger partial charge in [-0.25, -0.2) is 10.9 Å². The van der Waals surface area contributed by atoms with Crippen molar-refractivity contribution in [2.75, 3.05) is 49.2 Å². The smallest absolute Gasteiger partial charge is 0.259 e. The first-order chi connectivity index (χ1) is 30.4. The summed E-state index contributed by atoms with van der Waals surface area (Å²) < 4.78 is 6.93. The first kappa shape index (κ1) is 47.1. The van der Waals surface area contributed by atoms with Gasteiger partial charge in [-0.3, -0.25) is 19.6 Å². The summed E-state index contributed by atoms with van der Waals surface area (Å²) in [7, 11) is 0. The minimum Gasteiger partial charge on any atom is -0.506 e. The number of anilines is 2. The number of phenols is 4. The molecule has 0 radical (unpaired) electrons. The fourth-order valence-electron chi connectivity index (χ4n) is 6.61. The minimum atomic E-state index is -0.366. The number of hydrogen-bond donors (Lipinski definition) is 6. The van der Waals surface area contributed by atoms with E-state index >= 15 is 0 Å². The fourth-order valence-corrected chi connectivity index (χ4v) is 8.91. The first-order valence-corrected chi connectivity index (χ1v) is 22.8. The van der Waals surface area contributed by atoms with Gasteiger partial charge in [-0.2, -0.15) is 10.2 Å². The summed E-state index contributed by atoms with van der Waals surface area (Å²) in [6.07, 6.45) is 9.01. The number of amides is 2. The molecule has 63 heavy (non-hydrogen) atoms. The zero-order valence-corrected chi connectivity index (χ0v) is 39.9. The van der Waals surface area contributed by atoms with E-state index in [1.807, 2.05) is 70.5 Å². The predicted molar refractivity (Wildman–Crippen MR) is 259 cm³/mol. The summed E-state index contributed by atoms with van der Waals surface area (Å²) in [5.74, 6) is -1.48. The van der Waals surface area contributed by atoms with Crippen molar-refractivity contribution < 1.29 is 34.8 Å². The maximum absolute atomic E-state index is 13.2. The molecule has 0 unspecified atom stereocenters. The van der Waals surface area contributed by atoms with E-state index in [-0.39, 0.29) is 68.0 Å². The Hall–Kier alpha value is -5.34. The average molecular weight is 1110 g/mol. The van der Waals surface area contributed by atoms with E-state index in [9.17, 15) is 30.0 Å². The third-order valence-corrected chi connectivity index (χ3v) is 12.4. The highest BCUT2D eigenvalue weighted by molar-refractivity contribution is 9.11. The topological polar surface area (TPSA) is 205 Å². The lowest BCUT2D eigenvalue weighted by atomic mass is 10.1. The van der Waals surface area contributed by atoms with Gasteiger partial charge in [0.2, 0.25) is 0 Å². The van der Waals surface area contributed by atoms with Gasteiger partial charge in [-0.05, 0) is 150 Å². The van der Waals surface area contributed by atoms with Crippen LogP contribution < -0.4 is 20.7 Å². The number of pyridine rings is 2. The summed E-state index contributed by atoms with van der Waals surface area (Å²) in [6, 6.07) is 22.2. The van der Waals surface area contributed by atoms with Crippen molar-refractivity contribution in [3.05, 3.63) is 114 Å². The van der Waals surface area contributed by atoms with E-state index in [1.165, 1.54) is 24.6 Å². The van der Waals surface area contributed by atoms with E-state index in [2.05, 4.69) is 94.7 Å². The summed E-state index contributed by atoms with van der Waals surface area (Å²) in [6.45, 7) is 2.16. The highest BCUT2D eigenvalue weighted by atomic mass is 79.9. The SMILES string of the molecule is O=C(CN(CCCCOCCCCN(CC(=O)N/N=C/c1cc(Br)c(O)c(Br)c1O)c1cccc2ncccc12)c1cccc2ncccc12)N/N=C/c1cc(Br)c(O)c(Br)c1O. The average Bonchev–Trinajstić information content (AvgIpc) is 3.29. The standard InChI is InChI=1S/C44H42Br4N8O7/c45-31-21-27(41(59)39(47)43(31)61)23-51-53-37(57)25-55(35-13-5-11-33-29(35)9-7-15-49-33)17-1-3-19-63-20-4-2-18-56(36-14-6-12-34-30(36)10-8-16-50-34)26-38(58)54-52-24-28-22-32(46)44(62)40(48)42(28)60/h5-16,21-24,59-62H,1-4,17-20,25-26H2,(H,53,57)(H,54,58)/b51-23+,52-24+. The molecular formula is C44H42Br4N8O7. The number of unbranched alkanes of at least 4 members (excludes halogenated alkanes) is 2. The lowest BCUT2D eigenvalue weighted by Gasteiger charge is -2.25. The lowest BCUT2D eigenvalue weighted by molar-refractivity contribution is -0.120. The molecule has 328 valence electrons. The summed E-state index contributed by atoms with van der Waals surface area (Å²) in [4.78, 5) is 39.3. The van der Waals surface area contributed by atoms with Gasteiger partial charge in [-0.15, -0.1) is 0 Å². The molecule has 2 heterocycles. The molecule has 0 aliphatic carbocycles. The van der Waals surface area contributed by atoms with Crippen LogP contribution in [0.2, 0.25) is 0 Å².